The van der Waals surface area contributed by atoms with E-state index < -0.39 is 5.60 Å². The highest BCUT2D eigenvalue weighted by Crippen LogP contribution is 2.12. The minimum atomic E-state index is -0.512. The smallest absolute Gasteiger partial charge is 0.410 e. The zero-order valence-corrected chi connectivity index (χ0v) is 14.3. The van der Waals surface area contributed by atoms with Crippen molar-refractivity contribution in [1.29, 1.82) is 0 Å². The number of carbonyl (C=O) groups is 3. The van der Waals surface area contributed by atoms with Crippen LogP contribution >= 0.6 is 11.8 Å². The summed E-state index contributed by atoms with van der Waals surface area (Å²) in [6.07, 6.45) is 0.0429. The van der Waals surface area contributed by atoms with Gasteiger partial charge >= 0.3 is 6.09 Å². The number of rotatable bonds is 5. The summed E-state index contributed by atoms with van der Waals surface area (Å²) in [6, 6.07) is 0. The highest BCUT2D eigenvalue weighted by Gasteiger charge is 2.27. The number of thioether (sulfide) groups is 1. The predicted octanol–water partition coefficient (Wildman–Crippen LogP) is 0.674. The van der Waals surface area contributed by atoms with E-state index in [4.69, 9.17) is 10.5 Å². The Balaban J connectivity index is 2.28. The van der Waals surface area contributed by atoms with Crippen LogP contribution in [0.2, 0.25) is 0 Å². The summed E-state index contributed by atoms with van der Waals surface area (Å²) >= 11 is 1.36. The van der Waals surface area contributed by atoms with E-state index in [0.717, 1.165) is 0 Å². The molecule has 22 heavy (non-hydrogen) atoms. The summed E-state index contributed by atoms with van der Waals surface area (Å²) in [6.45, 7) is 7.47. The Bertz CT molecular complexity index is 415. The monoisotopic (exact) mass is 331 g/mol. The molecule has 0 aromatic rings. The fourth-order valence-electron chi connectivity index (χ4n) is 1.96. The minimum Gasteiger partial charge on any atom is -0.444 e. The zero-order valence-electron chi connectivity index (χ0n) is 13.5. The normalized spacial score (nSPS) is 15.6. The first-order valence-corrected chi connectivity index (χ1v) is 8.46. The van der Waals surface area contributed by atoms with Crippen molar-refractivity contribution in [2.45, 2.75) is 32.8 Å². The maximum Gasteiger partial charge on any atom is 0.410 e. The number of hydrogen-bond acceptors (Lipinski definition) is 5. The van der Waals surface area contributed by atoms with Crippen molar-refractivity contribution in [3.63, 3.8) is 0 Å². The van der Waals surface area contributed by atoms with Gasteiger partial charge in [-0.25, -0.2) is 4.79 Å². The molecule has 3 amide bonds. The van der Waals surface area contributed by atoms with Crippen LogP contribution in [-0.4, -0.2) is 71.0 Å². The molecule has 0 saturated carbocycles. The molecule has 0 aromatic carbocycles. The first kappa shape index (κ1) is 18.6. The third kappa shape index (κ3) is 7.02. The highest BCUT2D eigenvalue weighted by atomic mass is 32.2. The molecule has 0 aliphatic carbocycles. The van der Waals surface area contributed by atoms with E-state index in [1.165, 1.54) is 11.8 Å². The van der Waals surface area contributed by atoms with Gasteiger partial charge in [-0.1, -0.05) is 0 Å². The summed E-state index contributed by atoms with van der Waals surface area (Å²) in [5.74, 6) is 0.484. The van der Waals surface area contributed by atoms with Gasteiger partial charge in [-0.2, -0.15) is 11.8 Å². The number of nitrogens with two attached hydrogens (primary N) is 1. The van der Waals surface area contributed by atoms with E-state index in [1.807, 2.05) is 20.8 Å². The van der Waals surface area contributed by atoms with Gasteiger partial charge in [-0.3, -0.25) is 9.59 Å². The lowest BCUT2D eigenvalue weighted by molar-refractivity contribution is -0.132. The number of hydrogen-bond donors (Lipinski definition) is 1. The van der Waals surface area contributed by atoms with Crippen LogP contribution in [0.5, 0.6) is 0 Å². The third-order valence-corrected chi connectivity index (χ3v) is 3.97. The second kappa shape index (κ2) is 8.26. The van der Waals surface area contributed by atoms with Crippen LogP contribution in [0.25, 0.3) is 0 Å². The second-order valence-electron chi connectivity index (χ2n) is 6.12. The molecule has 1 fully saturated rings. The molecule has 1 aliphatic heterocycles. The summed E-state index contributed by atoms with van der Waals surface area (Å²) in [4.78, 5) is 37.9. The molecule has 0 bridgehead atoms. The summed E-state index contributed by atoms with van der Waals surface area (Å²) in [5.41, 5.74) is 4.52. The van der Waals surface area contributed by atoms with Gasteiger partial charge in [0.05, 0.1) is 5.75 Å². The third-order valence-electron chi connectivity index (χ3n) is 2.99. The van der Waals surface area contributed by atoms with Crippen LogP contribution in [0.15, 0.2) is 0 Å². The molecule has 0 unspecified atom stereocenters. The number of ether oxygens (including phenoxy) is 1. The topological polar surface area (TPSA) is 92.9 Å². The van der Waals surface area contributed by atoms with Crippen molar-refractivity contribution in [1.82, 2.24) is 9.80 Å². The fourth-order valence-corrected chi connectivity index (χ4v) is 2.62. The lowest BCUT2D eigenvalue weighted by Gasteiger charge is -2.35. The Morgan fingerprint density at radius 3 is 2.14 bits per heavy atom. The fraction of sp³-hybridized carbons (Fsp3) is 0.786. The standard InChI is InChI=1S/C14H25N3O4S/c1-14(2,3)21-13(20)17-7-5-16(6-8-17)12(19)4-9-22-10-11(15)18/h4-10H2,1-3H3,(H2,15,18). The number of primary amides is 1. The van der Waals surface area contributed by atoms with Crippen LogP contribution in [0, 0.1) is 0 Å². The van der Waals surface area contributed by atoms with Crippen LogP contribution in [-0.2, 0) is 14.3 Å². The van der Waals surface area contributed by atoms with Gasteiger partial charge in [0.1, 0.15) is 5.60 Å². The van der Waals surface area contributed by atoms with Crippen LogP contribution in [0.1, 0.15) is 27.2 Å². The molecule has 1 saturated heterocycles. The molecule has 126 valence electrons. The molecule has 0 spiro atoms. The molecule has 2 N–H and O–H groups in total. The van der Waals surface area contributed by atoms with Crippen molar-refractivity contribution in [3.05, 3.63) is 0 Å². The SMILES string of the molecule is CC(C)(C)OC(=O)N1CCN(C(=O)CCSCC(N)=O)CC1. The van der Waals surface area contributed by atoms with E-state index in [9.17, 15) is 14.4 Å². The average molecular weight is 331 g/mol. The Morgan fingerprint density at radius 2 is 1.64 bits per heavy atom. The van der Waals surface area contributed by atoms with E-state index in [2.05, 4.69) is 0 Å². The molecule has 0 atom stereocenters. The van der Waals surface area contributed by atoms with Gasteiger partial charge in [-0.05, 0) is 20.8 Å². The van der Waals surface area contributed by atoms with Crippen molar-refractivity contribution >= 4 is 29.7 Å². The molecule has 0 radical (unpaired) electrons. The molecule has 0 aromatic heterocycles. The Kier molecular flexibility index (Phi) is 6.99. The van der Waals surface area contributed by atoms with Crippen LogP contribution < -0.4 is 5.73 Å². The average Bonchev–Trinajstić information content (AvgIpc) is 2.41. The summed E-state index contributed by atoms with van der Waals surface area (Å²) < 4.78 is 5.31. The number of nitrogens with zero attached hydrogens (tertiary/aromatic N) is 2. The van der Waals surface area contributed by atoms with E-state index in [0.29, 0.717) is 38.4 Å². The van der Waals surface area contributed by atoms with Gasteiger partial charge in [0.25, 0.3) is 0 Å². The molecular formula is C14H25N3O4S. The van der Waals surface area contributed by atoms with Gasteiger partial charge < -0.3 is 20.3 Å². The van der Waals surface area contributed by atoms with Crippen molar-refractivity contribution in [2.75, 3.05) is 37.7 Å². The Morgan fingerprint density at radius 1 is 1.09 bits per heavy atom. The highest BCUT2D eigenvalue weighted by molar-refractivity contribution is 7.99. The minimum absolute atomic E-state index is 0.0424. The maximum atomic E-state index is 12.0. The quantitative estimate of drug-likeness (QED) is 0.748. The van der Waals surface area contributed by atoms with E-state index in [-0.39, 0.29) is 23.7 Å². The lowest BCUT2D eigenvalue weighted by atomic mass is 10.2. The number of carbonyl (C=O) groups excluding carboxylic acids is 3. The van der Waals surface area contributed by atoms with Crippen molar-refractivity contribution in [2.24, 2.45) is 5.73 Å². The second-order valence-corrected chi connectivity index (χ2v) is 7.22. The van der Waals surface area contributed by atoms with Crippen LogP contribution in [0.3, 0.4) is 0 Å². The maximum absolute atomic E-state index is 12.0. The van der Waals surface area contributed by atoms with Crippen molar-refractivity contribution < 1.29 is 19.1 Å². The number of piperazine rings is 1. The van der Waals surface area contributed by atoms with E-state index in [1.54, 1.807) is 9.80 Å². The van der Waals surface area contributed by atoms with E-state index >= 15 is 0 Å². The van der Waals surface area contributed by atoms with Gasteiger partial charge in [-0.15, -0.1) is 0 Å². The molecule has 1 aliphatic rings. The van der Waals surface area contributed by atoms with Gasteiger partial charge in [0, 0.05) is 38.4 Å². The summed E-state index contributed by atoms with van der Waals surface area (Å²) in [7, 11) is 0. The predicted molar refractivity (Wildman–Crippen MR) is 85.5 cm³/mol. The lowest BCUT2D eigenvalue weighted by Crippen LogP contribution is -2.51. The molecule has 1 heterocycles. The van der Waals surface area contributed by atoms with Crippen molar-refractivity contribution in [3.8, 4) is 0 Å². The molecular weight excluding hydrogens is 306 g/mol. The van der Waals surface area contributed by atoms with Gasteiger partial charge in [0.2, 0.25) is 11.8 Å². The molecule has 8 heteroatoms. The first-order chi connectivity index (χ1) is 10.2. The summed E-state index contributed by atoms with van der Waals surface area (Å²) in [5, 5.41) is 0. The molecule has 1 rings (SSSR count). The zero-order chi connectivity index (χ0) is 16.8. The number of amides is 3. The Labute approximate surface area is 135 Å². The van der Waals surface area contributed by atoms with Gasteiger partial charge in [0.15, 0.2) is 0 Å². The Hall–Kier alpha value is -1.44. The molecule has 7 nitrogen and oxygen atoms in total. The first-order valence-electron chi connectivity index (χ1n) is 7.31. The van der Waals surface area contributed by atoms with Crippen LogP contribution in [0.4, 0.5) is 4.79 Å². The largest absolute Gasteiger partial charge is 0.444 e.